The largest absolute Gasteiger partial charge is 0.372 e. The van der Waals surface area contributed by atoms with Gasteiger partial charge >= 0.3 is 0 Å². The number of aromatic nitrogens is 2. The molecule has 1 aliphatic heterocycles. The van der Waals surface area contributed by atoms with E-state index in [9.17, 15) is 4.79 Å². The summed E-state index contributed by atoms with van der Waals surface area (Å²) < 4.78 is 5.60. The molecule has 0 unspecified atom stereocenters. The molecule has 1 saturated heterocycles. The fourth-order valence-corrected chi connectivity index (χ4v) is 2.50. The molecule has 1 fully saturated rings. The van der Waals surface area contributed by atoms with Gasteiger partial charge < -0.3 is 14.6 Å². The summed E-state index contributed by atoms with van der Waals surface area (Å²) in [6, 6.07) is 5.53. The summed E-state index contributed by atoms with van der Waals surface area (Å²) in [6.07, 6.45) is 4.36. The molecule has 0 radical (unpaired) electrons. The van der Waals surface area contributed by atoms with Crippen molar-refractivity contribution < 1.29 is 9.53 Å². The van der Waals surface area contributed by atoms with Gasteiger partial charge in [0.2, 0.25) is 0 Å². The molecule has 1 aliphatic rings. The first-order valence-corrected chi connectivity index (χ1v) is 6.73. The molecule has 1 aromatic heterocycles. The highest BCUT2D eigenvalue weighted by atomic mass is 16.5. The van der Waals surface area contributed by atoms with Crippen molar-refractivity contribution in [2.45, 2.75) is 12.5 Å². The van der Waals surface area contributed by atoms with Gasteiger partial charge in [-0.2, -0.15) is 0 Å². The number of amides is 1. The van der Waals surface area contributed by atoms with Gasteiger partial charge in [-0.3, -0.25) is 4.79 Å². The summed E-state index contributed by atoms with van der Waals surface area (Å²) in [5.41, 5.74) is 2.44. The molecule has 2 aromatic rings. The predicted octanol–water partition coefficient (Wildman–Crippen LogP) is 1.98. The smallest absolute Gasteiger partial charge is 0.254 e. The molecule has 0 spiro atoms. The lowest BCUT2D eigenvalue weighted by Crippen LogP contribution is -2.30. The average Bonchev–Trinajstić information content (AvgIpc) is 3.12. The van der Waals surface area contributed by atoms with Gasteiger partial charge in [0.25, 0.3) is 5.91 Å². The number of hydrogen-bond donors (Lipinski definition) is 1. The van der Waals surface area contributed by atoms with Gasteiger partial charge in [0.15, 0.2) is 0 Å². The predicted molar refractivity (Wildman–Crippen MR) is 76.6 cm³/mol. The second-order valence-corrected chi connectivity index (χ2v) is 4.92. The molecular formula is C15H17N3O2. The van der Waals surface area contributed by atoms with Gasteiger partial charge in [0.1, 0.15) is 0 Å². The molecule has 20 heavy (non-hydrogen) atoms. The molecule has 1 aromatic carbocycles. The second-order valence-electron chi connectivity index (χ2n) is 4.92. The van der Waals surface area contributed by atoms with Gasteiger partial charge in [-0.15, -0.1) is 6.58 Å². The first kappa shape index (κ1) is 12.9. The van der Waals surface area contributed by atoms with Crippen molar-refractivity contribution in [3.63, 3.8) is 0 Å². The molecule has 0 saturated carbocycles. The lowest BCUT2D eigenvalue weighted by Gasteiger charge is -2.16. The average molecular weight is 271 g/mol. The van der Waals surface area contributed by atoms with Crippen LogP contribution < -0.4 is 0 Å². The summed E-state index contributed by atoms with van der Waals surface area (Å²) in [6.45, 7) is 5.55. The number of fused-ring (bicyclic) bond motifs is 1. The van der Waals surface area contributed by atoms with Crippen LogP contribution in [0.25, 0.3) is 11.0 Å². The molecule has 3 rings (SSSR count). The molecule has 1 atom stereocenters. The zero-order chi connectivity index (χ0) is 13.9. The lowest BCUT2D eigenvalue weighted by atomic mass is 10.2. The van der Waals surface area contributed by atoms with Crippen LogP contribution in [0.15, 0.2) is 37.2 Å². The fourth-order valence-electron chi connectivity index (χ4n) is 2.50. The van der Waals surface area contributed by atoms with Gasteiger partial charge in [-0.1, -0.05) is 6.08 Å². The topological polar surface area (TPSA) is 58.2 Å². The number of nitrogens with one attached hydrogen (secondary N) is 1. The molecular weight excluding hydrogens is 254 g/mol. The Balaban J connectivity index is 1.71. The minimum Gasteiger partial charge on any atom is -0.372 e. The first-order valence-electron chi connectivity index (χ1n) is 6.73. The van der Waals surface area contributed by atoms with E-state index in [1.807, 2.05) is 23.1 Å². The quantitative estimate of drug-likeness (QED) is 0.865. The van der Waals surface area contributed by atoms with Gasteiger partial charge in [0.05, 0.1) is 30.1 Å². The number of hydrogen-bond acceptors (Lipinski definition) is 3. The third-order valence-electron chi connectivity index (χ3n) is 3.55. The Bertz CT molecular complexity index is 635. The minimum absolute atomic E-state index is 0.0474. The van der Waals surface area contributed by atoms with E-state index in [1.165, 1.54) is 0 Å². The fraction of sp³-hybridized carbons (Fsp3) is 0.333. The highest BCUT2D eigenvalue weighted by molar-refractivity contribution is 5.97. The SMILES string of the molecule is C=CCO[C@H]1CCN(C(=O)c2ccc3nc[nH]c3c2)C1. The van der Waals surface area contributed by atoms with Crippen molar-refractivity contribution in [3.05, 3.63) is 42.7 Å². The Labute approximate surface area is 117 Å². The van der Waals surface area contributed by atoms with Crippen molar-refractivity contribution in [2.75, 3.05) is 19.7 Å². The van der Waals surface area contributed by atoms with Gasteiger partial charge in [-0.05, 0) is 24.6 Å². The van der Waals surface area contributed by atoms with Crippen LogP contribution in [0.4, 0.5) is 0 Å². The van der Waals surface area contributed by atoms with E-state index in [1.54, 1.807) is 12.4 Å². The number of benzene rings is 1. The maximum atomic E-state index is 12.4. The summed E-state index contributed by atoms with van der Waals surface area (Å²) >= 11 is 0. The van der Waals surface area contributed by atoms with Crippen molar-refractivity contribution in [1.82, 2.24) is 14.9 Å². The molecule has 104 valence electrons. The van der Waals surface area contributed by atoms with Crippen LogP contribution in [0.2, 0.25) is 0 Å². The van der Waals surface area contributed by atoms with Crippen LogP contribution in [0.1, 0.15) is 16.8 Å². The Morgan fingerprint density at radius 3 is 3.35 bits per heavy atom. The van der Waals surface area contributed by atoms with Crippen LogP contribution in [0.3, 0.4) is 0 Å². The van der Waals surface area contributed by atoms with E-state index in [4.69, 9.17) is 4.74 Å². The standard InChI is InChI=1S/C15H17N3O2/c1-2-7-20-12-5-6-18(9-12)15(19)11-3-4-13-14(8-11)17-10-16-13/h2-4,8,10,12H,1,5-7,9H2,(H,16,17)/t12-/m0/s1. The van der Waals surface area contributed by atoms with E-state index in [0.29, 0.717) is 18.7 Å². The molecule has 5 nitrogen and oxygen atoms in total. The molecule has 1 amide bonds. The number of carbonyl (C=O) groups is 1. The number of rotatable bonds is 4. The van der Waals surface area contributed by atoms with E-state index in [-0.39, 0.29) is 12.0 Å². The minimum atomic E-state index is 0.0474. The van der Waals surface area contributed by atoms with Crippen molar-refractivity contribution in [2.24, 2.45) is 0 Å². The highest BCUT2D eigenvalue weighted by Crippen LogP contribution is 2.18. The van der Waals surface area contributed by atoms with Crippen LogP contribution in [-0.4, -0.2) is 46.6 Å². The van der Waals surface area contributed by atoms with Crippen LogP contribution in [-0.2, 0) is 4.74 Å². The van der Waals surface area contributed by atoms with Crippen LogP contribution in [0.5, 0.6) is 0 Å². The van der Waals surface area contributed by atoms with Gasteiger partial charge in [0, 0.05) is 18.7 Å². The number of nitrogens with zero attached hydrogens (tertiary/aromatic N) is 2. The van der Waals surface area contributed by atoms with Crippen molar-refractivity contribution in [3.8, 4) is 0 Å². The van der Waals surface area contributed by atoms with E-state index < -0.39 is 0 Å². The Hall–Kier alpha value is -2.14. The number of aromatic amines is 1. The van der Waals surface area contributed by atoms with E-state index >= 15 is 0 Å². The normalized spacial score (nSPS) is 18.6. The number of carbonyl (C=O) groups excluding carboxylic acids is 1. The monoisotopic (exact) mass is 271 g/mol. The third-order valence-corrected chi connectivity index (χ3v) is 3.55. The van der Waals surface area contributed by atoms with Crippen LogP contribution >= 0.6 is 0 Å². The lowest BCUT2D eigenvalue weighted by molar-refractivity contribution is 0.0654. The Kier molecular flexibility index (Phi) is 3.52. The molecule has 2 heterocycles. The number of H-pyrrole nitrogens is 1. The summed E-state index contributed by atoms with van der Waals surface area (Å²) in [5, 5.41) is 0. The number of ether oxygens (including phenoxy) is 1. The number of likely N-dealkylation sites (tertiary alicyclic amines) is 1. The molecule has 5 heteroatoms. The molecule has 0 aliphatic carbocycles. The van der Waals surface area contributed by atoms with Gasteiger partial charge in [-0.25, -0.2) is 4.98 Å². The van der Waals surface area contributed by atoms with E-state index in [2.05, 4.69) is 16.5 Å². The summed E-state index contributed by atoms with van der Waals surface area (Å²) in [4.78, 5) is 21.5. The maximum Gasteiger partial charge on any atom is 0.254 e. The Morgan fingerprint density at radius 2 is 2.50 bits per heavy atom. The zero-order valence-corrected chi connectivity index (χ0v) is 11.2. The van der Waals surface area contributed by atoms with E-state index in [0.717, 1.165) is 24.0 Å². The third kappa shape index (κ3) is 2.44. The summed E-state index contributed by atoms with van der Waals surface area (Å²) in [7, 11) is 0. The van der Waals surface area contributed by atoms with Crippen molar-refractivity contribution >= 4 is 16.9 Å². The first-order chi connectivity index (χ1) is 9.78. The number of imidazole rings is 1. The summed E-state index contributed by atoms with van der Waals surface area (Å²) in [5.74, 6) is 0.0474. The molecule has 1 N–H and O–H groups in total. The Morgan fingerprint density at radius 1 is 1.60 bits per heavy atom. The van der Waals surface area contributed by atoms with Crippen LogP contribution in [0, 0.1) is 0 Å². The van der Waals surface area contributed by atoms with Crippen molar-refractivity contribution in [1.29, 1.82) is 0 Å². The molecule has 0 bridgehead atoms. The maximum absolute atomic E-state index is 12.4. The second kappa shape index (κ2) is 5.46. The zero-order valence-electron chi connectivity index (χ0n) is 11.2. The highest BCUT2D eigenvalue weighted by Gasteiger charge is 2.27.